The summed E-state index contributed by atoms with van der Waals surface area (Å²) in [7, 11) is -7.52. The highest BCUT2D eigenvalue weighted by Gasteiger charge is 2.18. The second-order valence-electron chi connectivity index (χ2n) is 6.19. The van der Waals surface area contributed by atoms with E-state index < -0.39 is 20.0 Å². The first-order chi connectivity index (χ1) is 13.9. The van der Waals surface area contributed by atoms with Gasteiger partial charge in [0.2, 0.25) is 0 Å². The molecule has 0 spiro atoms. The van der Waals surface area contributed by atoms with E-state index in [1.807, 2.05) is 30.3 Å². The average molecular weight is 445 g/mol. The predicted octanol–water partition coefficient (Wildman–Crippen LogP) is 4.50. The number of nitrogens with one attached hydrogen (secondary N) is 2. The molecule has 148 valence electrons. The van der Waals surface area contributed by atoms with Crippen molar-refractivity contribution in [3.63, 3.8) is 0 Å². The zero-order valence-electron chi connectivity index (χ0n) is 14.9. The van der Waals surface area contributed by atoms with Crippen LogP contribution >= 0.6 is 11.3 Å². The quantitative estimate of drug-likeness (QED) is 0.458. The van der Waals surface area contributed by atoms with Gasteiger partial charge in [0, 0.05) is 11.1 Å². The molecule has 4 rings (SSSR count). The van der Waals surface area contributed by atoms with Gasteiger partial charge in [0.05, 0.1) is 10.6 Å². The van der Waals surface area contributed by atoms with E-state index in [0.29, 0.717) is 5.69 Å². The third kappa shape index (κ3) is 4.12. The Hall–Kier alpha value is -2.88. The molecule has 0 aliphatic rings. The van der Waals surface area contributed by atoms with Crippen LogP contribution < -0.4 is 9.44 Å². The molecule has 0 saturated heterocycles. The molecule has 2 N–H and O–H groups in total. The van der Waals surface area contributed by atoms with E-state index in [2.05, 4.69) is 9.44 Å². The summed E-state index contributed by atoms with van der Waals surface area (Å²) in [6.45, 7) is 0. The van der Waals surface area contributed by atoms with Crippen LogP contribution in [0.25, 0.3) is 10.8 Å². The second-order valence-corrected chi connectivity index (χ2v) is 10.7. The number of hydrogen-bond donors (Lipinski definition) is 2. The van der Waals surface area contributed by atoms with Crippen molar-refractivity contribution in [1.29, 1.82) is 0 Å². The summed E-state index contributed by atoms with van der Waals surface area (Å²) in [5.41, 5.74) is 0.757. The SMILES string of the molecule is O=S(=O)(Nc1cccc2ccccc12)c1ccc(NS(=O)(=O)c2cccs2)cc1. The predicted molar refractivity (Wildman–Crippen MR) is 116 cm³/mol. The molecule has 0 amide bonds. The molecule has 0 atom stereocenters. The Morgan fingerprint density at radius 3 is 2.10 bits per heavy atom. The maximum absolute atomic E-state index is 12.8. The van der Waals surface area contributed by atoms with Crippen molar-refractivity contribution in [1.82, 2.24) is 0 Å². The molecule has 0 unspecified atom stereocenters. The van der Waals surface area contributed by atoms with Crippen molar-refractivity contribution < 1.29 is 16.8 Å². The van der Waals surface area contributed by atoms with Gasteiger partial charge >= 0.3 is 0 Å². The van der Waals surface area contributed by atoms with E-state index >= 15 is 0 Å². The molecule has 0 aliphatic heterocycles. The molecule has 0 bridgehead atoms. The Balaban J connectivity index is 1.58. The molecule has 0 saturated carbocycles. The zero-order chi connectivity index (χ0) is 20.5. The summed E-state index contributed by atoms with van der Waals surface area (Å²) in [6.07, 6.45) is 0. The van der Waals surface area contributed by atoms with E-state index in [1.54, 1.807) is 23.6 Å². The number of benzene rings is 3. The molecular formula is C20H16N2O4S3. The summed E-state index contributed by atoms with van der Waals surface area (Å²) < 4.78 is 55.3. The van der Waals surface area contributed by atoms with Gasteiger partial charge in [-0.1, -0.05) is 42.5 Å². The molecule has 6 nitrogen and oxygen atoms in total. The maximum Gasteiger partial charge on any atom is 0.271 e. The van der Waals surface area contributed by atoms with Crippen LogP contribution in [0.4, 0.5) is 11.4 Å². The summed E-state index contributed by atoms with van der Waals surface area (Å²) >= 11 is 1.10. The van der Waals surface area contributed by atoms with E-state index in [1.165, 1.54) is 30.3 Å². The van der Waals surface area contributed by atoms with E-state index in [0.717, 1.165) is 22.1 Å². The van der Waals surface area contributed by atoms with Crippen molar-refractivity contribution in [2.45, 2.75) is 9.10 Å². The largest absolute Gasteiger partial charge is 0.279 e. The van der Waals surface area contributed by atoms with Gasteiger partial charge in [-0.05, 0) is 47.2 Å². The molecule has 0 fully saturated rings. The number of rotatable bonds is 6. The van der Waals surface area contributed by atoms with Crippen molar-refractivity contribution in [3.05, 3.63) is 84.2 Å². The lowest BCUT2D eigenvalue weighted by molar-refractivity contribution is 0.600. The van der Waals surface area contributed by atoms with Crippen LogP contribution in [0.2, 0.25) is 0 Å². The third-order valence-corrected chi connectivity index (χ3v) is 8.37. The second kappa shape index (κ2) is 7.51. The molecule has 0 radical (unpaired) electrons. The minimum Gasteiger partial charge on any atom is -0.279 e. The number of sulfonamides is 2. The number of anilines is 2. The maximum atomic E-state index is 12.8. The first kappa shape index (κ1) is 19.4. The third-order valence-electron chi connectivity index (χ3n) is 4.21. The van der Waals surface area contributed by atoms with Crippen LogP contribution in [0.1, 0.15) is 0 Å². The van der Waals surface area contributed by atoms with Gasteiger partial charge in [0.1, 0.15) is 4.21 Å². The molecule has 29 heavy (non-hydrogen) atoms. The van der Waals surface area contributed by atoms with E-state index in [9.17, 15) is 16.8 Å². The highest BCUT2D eigenvalue weighted by Crippen LogP contribution is 2.26. The smallest absolute Gasteiger partial charge is 0.271 e. The lowest BCUT2D eigenvalue weighted by Crippen LogP contribution is -2.14. The first-order valence-electron chi connectivity index (χ1n) is 8.52. The van der Waals surface area contributed by atoms with Gasteiger partial charge in [-0.3, -0.25) is 9.44 Å². The summed E-state index contributed by atoms with van der Waals surface area (Å²) in [4.78, 5) is 0.0319. The average Bonchev–Trinajstić information content (AvgIpc) is 3.24. The molecule has 9 heteroatoms. The first-order valence-corrected chi connectivity index (χ1v) is 12.4. The molecule has 0 aliphatic carbocycles. The van der Waals surface area contributed by atoms with Crippen LogP contribution in [-0.4, -0.2) is 16.8 Å². The Morgan fingerprint density at radius 1 is 0.655 bits per heavy atom. The fourth-order valence-corrected chi connectivity index (χ4v) is 5.97. The number of hydrogen-bond acceptors (Lipinski definition) is 5. The van der Waals surface area contributed by atoms with Crippen molar-refractivity contribution in [2.75, 3.05) is 9.44 Å². The van der Waals surface area contributed by atoms with E-state index in [4.69, 9.17) is 0 Å². The highest BCUT2D eigenvalue weighted by atomic mass is 32.2. The Labute approximate surface area is 172 Å². The van der Waals surface area contributed by atoms with Gasteiger partial charge in [0.25, 0.3) is 20.0 Å². The lowest BCUT2D eigenvalue weighted by Gasteiger charge is -2.12. The monoisotopic (exact) mass is 444 g/mol. The van der Waals surface area contributed by atoms with Crippen LogP contribution in [0.5, 0.6) is 0 Å². The zero-order valence-corrected chi connectivity index (χ0v) is 17.4. The minimum atomic E-state index is -3.83. The van der Waals surface area contributed by atoms with Crippen molar-refractivity contribution in [2.24, 2.45) is 0 Å². The van der Waals surface area contributed by atoms with E-state index in [-0.39, 0.29) is 14.8 Å². The molecule has 1 aromatic heterocycles. The summed E-state index contributed by atoms with van der Waals surface area (Å²) in [5, 5.41) is 3.38. The minimum absolute atomic E-state index is 0.0319. The van der Waals surface area contributed by atoms with Crippen LogP contribution in [0.3, 0.4) is 0 Å². The molecular weight excluding hydrogens is 428 g/mol. The van der Waals surface area contributed by atoms with Gasteiger partial charge in [-0.2, -0.15) is 0 Å². The van der Waals surface area contributed by atoms with Gasteiger partial charge in [0.15, 0.2) is 0 Å². The highest BCUT2D eigenvalue weighted by molar-refractivity contribution is 7.94. The van der Waals surface area contributed by atoms with Gasteiger partial charge < -0.3 is 0 Å². The number of fused-ring (bicyclic) bond motifs is 1. The molecule has 3 aromatic carbocycles. The topological polar surface area (TPSA) is 92.3 Å². The van der Waals surface area contributed by atoms with Gasteiger partial charge in [-0.15, -0.1) is 11.3 Å². The Kier molecular flexibility index (Phi) is 5.03. The summed E-state index contributed by atoms with van der Waals surface area (Å²) in [6, 6.07) is 21.6. The van der Waals surface area contributed by atoms with Gasteiger partial charge in [-0.25, -0.2) is 16.8 Å². The standard InChI is InChI=1S/C20H16N2O4S3/c23-28(24,22-19-8-3-6-15-5-1-2-7-18(15)19)17-12-10-16(11-13-17)21-29(25,26)20-9-4-14-27-20/h1-14,21-22H. The van der Waals surface area contributed by atoms with Crippen LogP contribution in [0, 0.1) is 0 Å². The molecule has 4 aromatic rings. The van der Waals surface area contributed by atoms with Crippen LogP contribution in [-0.2, 0) is 20.0 Å². The van der Waals surface area contributed by atoms with Crippen molar-refractivity contribution in [3.8, 4) is 0 Å². The fraction of sp³-hybridized carbons (Fsp3) is 0. The van der Waals surface area contributed by atoms with Crippen LogP contribution in [0.15, 0.2) is 93.3 Å². The lowest BCUT2D eigenvalue weighted by atomic mass is 10.1. The number of thiophene rings is 1. The molecule has 1 heterocycles. The Bertz CT molecular complexity index is 1360. The summed E-state index contributed by atoms with van der Waals surface area (Å²) in [5.74, 6) is 0. The Morgan fingerprint density at radius 2 is 1.38 bits per heavy atom. The van der Waals surface area contributed by atoms with Crippen molar-refractivity contribution >= 4 is 53.5 Å². The normalized spacial score (nSPS) is 12.0. The fourth-order valence-electron chi connectivity index (χ4n) is 2.84.